The second-order valence-electron chi connectivity index (χ2n) is 12.2. The number of hydrogen-bond acceptors (Lipinski definition) is 2. The van der Waals surface area contributed by atoms with Crippen molar-refractivity contribution in [1.29, 1.82) is 0 Å². The molecule has 42 heavy (non-hydrogen) atoms. The van der Waals surface area contributed by atoms with Crippen molar-refractivity contribution in [3.05, 3.63) is 0 Å². The molecule has 0 rings (SSSR count). The third-order valence-electron chi connectivity index (χ3n) is 7.99. The van der Waals surface area contributed by atoms with Crippen LogP contribution in [-0.4, -0.2) is 71.0 Å². The summed E-state index contributed by atoms with van der Waals surface area (Å²) in [6.07, 6.45) is 40.4. The van der Waals surface area contributed by atoms with Gasteiger partial charge in [0.15, 0.2) is 0 Å². The molecular formula is C36H74BaCdO4. The molecule has 6 heteroatoms. The summed E-state index contributed by atoms with van der Waals surface area (Å²) in [7, 11) is 0. The molecule has 2 N–H and O–H groups in total. The minimum absolute atomic E-state index is 0. The van der Waals surface area contributed by atoms with Crippen LogP contribution in [0.5, 0.6) is 0 Å². The maximum atomic E-state index is 10.3. The maximum absolute atomic E-state index is 10.3. The zero-order chi connectivity index (χ0) is 29.8. The Labute approximate surface area is 326 Å². The first-order valence-corrected chi connectivity index (χ1v) is 18.0. The molecular weight excluding hydrogens is 746 g/mol. The predicted octanol–water partition coefficient (Wildman–Crippen LogP) is 12.5. The molecule has 0 bridgehead atoms. The largest absolute Gasteiger partial charge is 2.00 e. The molecule has 0 saturated heterocycles. The summed E-state index contributed by atoms with van der Waals surface area (Å²) in [5, 5.41) is 17.0. The van der Waals surface area contributed by atoms with Crippen molar-refractivity contribution in [3.63, 3.8) is 0 Å². The average Bonchev–Trinajstić information content (AvgIpc) is 2.93. The summed E-state index contributed by atoms with van der Waals surface area (Å²) in [5.41, 5.74) is 0. The van der Waals surface area contributed by atoms with Crippen molar-refractivity contribution >= 4 is 60.8 Å². The first-order valence-electron chi connectivity index (χ1n) is 18.0. The Morgan fingerprint density at radius 3 is 0.643 bits per heavy atom. The molecule has 0 aliphatic carbocycles. The van der Waals surface area contributed by atoms with Crippen molar-refractivity contribution < 1.29 is 50.0 Å². The van der Waals surface area contributed by atoms with Crippen LogP contribution < -0.4 is 0 Å². The van der Waals surface area contributed by atoms with Gasteiger partial charge in [-0.25, -0.2) is 0 Å². The summed E-state index contributed by atoms with van der Waals surface area (Å²) < 4.78 is 0. The van der Waals surface area contributed by atoms with Gasteiger partial charge >= 0.3 is 60.8 Å². The van der Waals surface area contributed by atoms with Gasteiger partial charge in [0.2, 0.25) is 0 Å². The van der Waals surface area contributed by atoms with Gasteiger partial charge in [0.05, 0.1) is 0 Å². The van der Waals surface area contributed by atoms with Crippen LogP contribution in [-0.2, 0) is 36.9 Å². The second-order valence-corrected chi connectivity index (χ2v) is 12.2. The fraction of sp³-hybridized carbons (Fsp3) is 0.944. The summed E-state index contributed by atoms with van der Waals surface area (Å²) in [5.74, 6) is -1.31. The van der Waals surface area contributed by atoms with Crippen LogP contribution in [0.4, 0.5) is 0 Å². The molecule has 0 radical (unpaired) electrons. The van der Waals surface area contributed by atoms with E-state index >= 15 is 0 Å². The predicted molar refractivity (Wildman–Crippen MR) is 182 cm³/mol. The first-order chi connectivity index (χ1) is 19.5. The molecule has 0 aliphatic heterocycles. The standard InChI is InChI=1S/2C18H36O2.Ba.Cd.2H/c2*1-2-3-4-5-6-7-8-9-10-11-12-13-14-15-16-17-18(19)20;;;;/h2*2-17H2,1H3,(H,19,20);;;;/q;;+2;;2*-1. The number of unbranched alkanes of at least 4 members (excludes halogenated alkanes) is 28. The van der Waals surface area contributed by atoms with Gasteiger partial charge in [-0.05, 0) is 12.8 Å². The number of rotatable bonds is 32. The third-order valence-corrected chi connectivity index (χ3v) is 7.99. The van der Waals surface area contributed by atoms with Crippen LogP contribution >= 0.6 is 0 Å². The molecule has 0 fully saturated rings. The van der Waals surface area contributed by atoms with Crippen molar-refractivity contribution in [2.75, 3.05) is 0 Å². The van der Waals surface area contributed by atoms with Gasteiger partial charge in [-0.3, -0.25) is 9.59 Å². The second kappa shape index (κ2) is 46.8. The van der Waals surface area contributed by atoms with E-state index in [1.54, 1.807) is 0 Å². The molecule has 0 unspecified atom stereocenters. The molecule has 0 saturated carbocycles. The van der Waals surface area contributed by atoms with Gasteiger partial charge in [-0.1, -0.05) is 194 Å². The molecule has 0 spiro atoms. The number of carboxylic acid groups (broad SMARTS) is 2. The summed E-state index contributed by atoms with van der Waals surface area (Å²) in [4.78, 5) is 20.7. The third kappa shape index (κ3) is 54.0. The van der Waals surface area contributed by atoms with E-state index in [1.807, 2.05) is 0 Å². The Bertz CT molecular complexity index is 473. The van der Waals surface area contributed by atoms with Gasteiger partial charge in [0.1, 0.15) is 0 Å². The smallest absolute Gasteiger partial charge is 1.00 e. The van der Waals surface area contributed by atoms with E-state index in [0.717, 1.165) is 25.7 Å². The van der Waals surface area contributed by atoms with Gasteiger partial charge < -0.3 is 13.1 Å². The Morgan fingerprint density at radius 2 is 0.500 bits per heavy atom. The van der Waals surface area contributed by atoms with E-state index in [0.29, 0.717) is 12.8 Å². The summed E-state index contributed by atoms with van der Waals surface area (Å²) in [6, 6.07) is 0. The van der Waals surface area contributed by atoms with Gasteiger partial charge in [0.25, 0.3) is 0 Å². The molecule has 0 amide bonds. The monoisotopic (exact) mass is 822 g/mol. The van der Waals surface area contributed by atoms with Gasteiger partial charge in [-0.15, -0.1) is 0 Å². The zero-order valence-corrected chi connectivity index (χ0v) is 37.2. The fourth-order valence-corrected chi connectivity index (χ4v) is 5.30. The number of aliphatic carboxylic acids is 2. The topological polar surface area (TPSA) is 74.6 Å². The van der Waals surface area contributed by atoms with Gasteiger partial charge in [-0.2, -0.15) is 0 Å². The van der Waals surface area contributed by atoms with E-state index in [4.69, 9.17) is 10.2 Å². The number of hydrogen-bond donors (Lipinski definition) is 2. The van der Waals surface area contributed by atoms with E-state index in [-0.39, 0.29) is 79.0 Å². The molecule has 0 atom stereocenters. The van der Waals surface area contributed by atoms with E-state index in [1.165, 1.54) is 167 Å². The number of carboxylic acids is 2. The maximum Gasteiger partial charge on any atom is 2.00 e. The minimum atomic E-state index is -0.653. The van der Waals surface area contributed by atoms with E-state index in [2.05, 4.69) is 13.8 Å². The molecule has 0 heterocycles. The quantitative estimate of drug-likeness (QED) is 0.0524. The van der Waals surface area contributed by atoms with Crippen LogP contribution in [0, 0.1) is 0 Å². The van der Waals surface area contributed by atoms with Gasteiger partial charge in [0, 0.05) is 40.1 Å². The van der Waals surface area contributed by atoms with Crippen LogP contribution in [0.3, 0.4) is 0 Å². The molecule has 0 aromatic heterocycles. The van der Waals surface area contributed by atoms with E-state index < -0.39 is 11.9 Å². The van der Waals surface area contributed by atoms with Crippen LogP contribution in [0.25, 0.3) is 0 Å². The average molecular weight is 821 g/mol. The molecule has 4 nitrogen and oxygen atoms in total. The normalized spacial score (nSPS) is 10.3. The molecule has 246 valence electrons. The molecule has 0 aliphatic rings. The SMILES string of the molecule is CCCCCCCCCCCCCCCCCC(=O)O.CCCCCCCCCCCCCCCCCC(=O)O.[Ba+2].[Cd].[H-].[H-]. The minimum Gasteiger partial charge on any atom is -1.00 e. The first kappa shape index (κ1) is 50.3. The van der Waals surface area contributed by atoms with Crippen LogP contribution in [0.1, 0.15) is 222 Å². The van der Waals surface area contributed by atoms with Crippen molar-refractivity contribution in [2.45, 2.75) is 219 Å². The molecule has 0 aromatic carbocycles. The Balaban J connectivity index is -0.000000150. The zero-order valence-electron chi connectivity index (χ0n) is 30.8. The number of carbonyl (C=O) groups is 2. The summed E-state index contributed by atoms with van der Waals surface area (Å²) in [6.45, 7) is 4.54. The van der Waals surface area contributed by atoms with Crippen LogP contribution in [0.15, 0.2) is 0 Å². The molecule has 0 aromatic rings. The Hall–Kier alpha value is 1.43. The summed E-state index contributed by atoms with van der Waals surface area (Å²) >= 11 is 0. The Kier molecular flexibility index (Phi) is 56.1. The van der Waals surface area contributed by atoms with E-state index in [9.17, 15) is 9.59 Å². The van der Waals surface area contributed by atoms with Crippen molar-refractivity contribution in [1.82, 2.24) is 0 Å². The van der Waals surface area contributed by atoms with Crippen molar-refractivity contribution in [3.8, 4) is 0 Å². The Morgan fingerprint density at radius 1 is 0.357 bits per heavy atom. The van der Waals surface area contributed by atoms with Crippen LogP contribution in [0.2, 0.25) is 0 Å². The fourth-order valence-electron chi connectivity index (χ4n) is 5.30. The van der Waals surface area contributed by atoms with Crippen molar-refractivity contribution in [2.24, 2.45) is 0 Å².